The van der Waals surface area contributed by atoms with Crippen LogP contribution < -0.4 is 22.1 Å². The third kappa shape index (κ3) is 4.69. The predicted molar refractivity (Wildman–Crippen MR) is 106 cm³/mol. The van der Waals surface area contributed by atoms with Crippen molar-refractivity contribution in [2.24, 2.45) is 0 Å². The molecule has 0 saturated carbocycles. The lowest BCUT2D eigenvalue weighted by molar-refractivity contribution is -0.131. The number of urea groups is 1. The molecular weight excluding hydrogens is 342 g/mol. The average molecular weight is 367 g/mol. The Morgan fingerprint density at radius 3 is 2.52 bits per heavy atom. The van der Waals surface area contributed by atoms with E-state index < -0.39 is 0 Å². The number of rotatable bonds is 5. The molecule has 7 nitrogen and oxygen atoms in total. The number of hydrogen-bond donors (Lipinski definition) is 4. The van der Waals surface area contributed by atoms with Gasteiger partial charge >= 0.3 is 6.03 Å². The van der Waals surface area contributed by atoms with Crippen LogP contribution in [-0.2, 0) is 11.3 Å². The van der Waals surface area contributed by atoms with Crippen LogP contribution in [0.3, 0.4) is 0 Å². The third-order valence-corrected chi connectivity index (χ3v) is 4.76. The number of nitrogen functional groups attached to an aromatic ring is 2. The lowest BCUT2D eigenvalue weighted by Crippen LogP contribution is -2.43. The van der Waals surface area contributed by atoms with E-state index in [-0.39, 0.29) is 24.5 Å². The maximum absolute atomic E-state index is 12.6. The van der Waals surface area contributed by atoms with Crippen molar-refractivity contribution in [2.75, 3.05) is 24.6 Å². The Hall–Kier alpha value is -3.22. The van der Waals surface area contributed by atoms with Gasteiger partial charge in [-0.1, -0.05) is 30.3 Å². The zero-order valence-electron chi connectivity index (χ0n) is 15.2. The Labute approximate surface area is 158 Å². The molecule has 0 bridgehead atoms. The van der Waals surface area contributed by atoms with Crippen molar-refractivity contribution in [3.63, 3.8) is 0 Å². The van der Waals surface area contributed by atoms with Crippen LogP contribution in [0.5, 0.6) is 0 Å². The fourth-order valence-electron chi connectivity index (χ4n) is 3.34. The average Bonchev–Trinajstić information content (AvgIpc) is 3.15. The fraction of sp³-hybridized carbons (Fsp3) is 0.300. The maximum Gasteiger partial charge on any atom is 0.315 e. The standard InChI is InChI=1S/C20H25N5O2/c21-15-9-7-14(8-10-15)12-23-20(27)24-13-19(26)25-11-3-6-18(25)16-4-1-2-5-17(16)22/h1-2,4-5,7-10,18H,3,6,11-13,21-22H2,(H2,23,24,27). The molecule has 6 N–H and O–H groups in total. The SMILES string of the molecule is Nc1ccc(CNC(=O)NCC(=O)N2CCCC2c2ccccc2N)cc1. The number of nitrogens with one attached hydrogen (secondary N) is 2. The maximum atomic E-state index is 12.6. The highest BCUT2D eigenvalue weighted by molar-refractivity contribution is 5.84. The second-order valence-electron chi connectivity index (χ2n) is 6.65. The topological polar surface area (TPSA) is 113 Å². The van der Waals surface area contributed by atoms with Gasteiger partial charge in [0.25, 0.3) is 0 Å². The predicted octanol–water partition coefficient (Wildman–Crippen LogP) is 2.01. The molecule has 1 fully saturated rings. The molecule has 2 aromatic carbocycles. The van der Waals surface area contributed by atoms with Gasteiger partial charge < -0.3 is 27.0 Å². The summed E-state index contributed by atoms with van der Waals surface area (Å²) in [7, 11) is 0. The summed E-state index contributed by atoms with van der Waals surface area (Å²) in [5, 5.41) is 5.37. The molecule has 7 heteroatoms. The summed E-state index contributed by atoms with van der Waals surface area (Å²) in [5.41, 5.74) is 15.0. The first-order valence-electron chi connectivity index (χ1n) is 9.04. The van der Waals surface area contributed by atoms with Gasteiger partial charge in [-0.25, -0.2) is 4.79 Å². The molecule has 0 aliphatic carbocycles. The number of nitrogens with zero attached hydrogens (tertiary/aromatic N) is 1. The molecule has 0 radical (unpaired) electrons. The Morgan fingerprint density at radius 1 is 1.04 bits per heavy atom. The second kappa shape index (κ2) is 8.44. The van der Waals surface area contributed by atoms with Gasteiger partial charge in [-0.05, 0) is 42.2 Å². The van der Waals surface area contributed by atoms with Crippen molar-refractivity contribution in [1.29, 1.82) is 0 Å². The minimum atomic E-state index is -0.379. The monoisotopic (exact) mass is 367 g/mol. The lowest BCUT2D eigenvalue weighted by atomic mass is 10.0. The van der Waals surface area contributed by atoms with Gasteiger partial charge in [0.2, 0.25) is 5.91 Å². The minimum absolute atomic E-state index is 0.0293. The lowest BCUT2D eigenvalue weighted by Gasteiger charge is -2.26. The van der Waals surface area contributed by atoms with Crippen LogP contribution in [0.15, 0.2) is 48.5 Å². The number of carbonyl (C=O) groups excluding carboxylic acids is 2. The minimum Gasteiger partial charge on any atom is -0.399 e. The number of amides is 3. The van der Waals surface area contributed by atoms with Gasteiger partial charge in [0.15, 0.2) is 0 Å². The van der Waals surface area contributed by atoms with Gasteiger partial charge in [-0.2, -0.15) is 0 Å². The molecule has 1 saturated heterocycles. The normalized spacial score (nSPS) is 16.1. The van der Waals surface area contributed by atoms with E-state index in [1.54, 1.807) is 17.0 Å². The molecular formula is C20H25N5O2. The van der Waals surface area contributed by atoms with Gasteiger partial charge in [-0.3, -0.25) is 4.79 Å². The molecule has 0 spiro atoms. The number of hydrogen-bond acceptors (Lipinski definition) is 4. The zero-order valence-corrected chi connectivity index (χ0v) is 15.2. The largest absolute Gasteiger partial charge is 0.399 e. The van der Waals surface area contributed by atoms with Crippen LogP contribution in [-0.4, -0.2) is 29.9 Å². The van der Waals surface area contributed by atoms with Crippen molar-refractivity contribution >= 4 is 23.3 Å². The number of para-hydroxylation sites is 1. The number of anilines is 2. The van der Waals surface area contributed by atoms with Crippen molar-refractivity contribution in [1.82, 2.24) is 15.5 Å². The molecule has 2 aromatic rings. The molecule has 0 aromatic heterocycles. The van der Waals surface area contributed by atoms with Crippen LogP contribution in [0.25, 0.3) is 0 Å². The van der Waals surface area contributed by atoms with E-state index in [9.17, 15) is 9.59 Å². The fourth-order valence-corrected chi connectivity index (χ4v) is 3.34. The molecule has 1 unspecified atom stereocenters. The Bertz CT molecular complexity index is 806. The molecule has 1 aliphatic heterocycles. The number of nitrogens with two attached hydrogens (primary N) is 2. The van der Waals surface area contributed by atoms with Crippen molar-refractivity contribution < 1.29 is 9.59 Å². The van der Waals surface area contributed by atoms with E-state index in [2.05, 4.69) is 10.6 Å². The number of likely N-dealkylation sites (tertiary alicyclic amines) is 1. The highest BCUT2D eigenvalue weighted by atomic mass is 16.2. The molecule has 3 amide bonds. The summed E-state index contributed by atoms with van der Waals surface area (Å²) in [6.07, 6.45) is 1.80. The Kier molecular flexibility index (Phi) is 5.80. The van der Waals surface area contributed by atoms with Crippen LogP contribution in [0.4, 0.5) is 16.2 Å². The van der Waals surface area contributed by atoms with Crippen molar-refractivity contribution in [3.8, 4) is 0 Å². The first kappa shape index (κ1) is 18.6. The summed E-state index contributed by atoms with van der Waals surface area (Å²) in [5.74, 6) is -0.108. The van der Waals surface area contributed by atoms with E-state index >= 15 is 0 Å². The van der Waals surface area contributed by atoms with E-state index in [4.69, 9.17) is 11.5 Å². The van der Waals surface area contributed by atoms with Gasteiger partial charge in [-0.15, -0.1) is 0 Å². The van der Waals surface area contributed by atoms with Gasteiger partial charge in [0.05, 0.1) is 12.6 Å². The van der Waals surface area contributed by atoms with Gasteiger partial charge in [0, 0.05) is 24.5 Å². The molecule has 27 heavy (non-hydrogen) atoms. The zero-order chi connectivity index (χ0) is 19.2. The summed E-state index contributed by atoms with van der Waals surface area (Å²) >= 11 is 0. The Balaban J connectivity index is 1.50. The van der Waals surface area contributed by atoms with Crippen LogP contribution in [0.1, 0.15) is 30.0 Å². The highest BCUT2D eigenvalue weighted by Crippen LogP contribution is 2.34. The van der Waals surface area contributed by atoms with Crippen LogP contribution >= 0.6 is 0 Å². The quantitative estimate of drug-likeness (QED) is 0.605. The van der Waals surface area contributed by atoms with E-state index in [1.807, 2.05) is 36.4 Å². The molecule has 142 valence electrons. The summed E-state index contributed by atoms with van der Waals surface area (Å²) in [6, 6.07) is 14.5. The van der Waals surface area contributed by atoms with E-state index in [0.29, 0.717) is 24.5 Å². The number of benzene rings is 2. The summed E-state index contributed by atoms with van der Waals surface area (Å²) < 4.78 is 0. The summed E-state index contributed by atoms with van der Waals surface area (Å²) in [4.78, 5) is 26.4. The molecule has 1 heterocycles. The molecule has 1 atom stereocenters. The summed E-state index contributed by atoms with van der Waals surface area (Å²) in [6.45, 7) is 0.997. The number of carbonyl (C=O) groups is 2. The van der Waals surface area contributed by atoms with Crippen molar-refractivity contribution in [2.45, 2.75) is 25.4 Å². The second-order valence-corrected chi connectivity index (χ2v) is 6.65. The first-order chi connectivity index (χ1) is 13.0. The van der Waals surface area contributed by atoms with E-state index in [1.165, 1.54) is 0 Å². The third-order valence-electron chi connectivity index (χ3n) is 4.76. The van der Waals surface area contributed by atoms with Gasteiger partial charge in [0.1, 0.15) is 0 Å². The molecule has 3 rings (SSSR count). The van der Waals surface area contributed by atoms with Crippen LogP contribution in [0.2, 0.25) is 0 Å². The highest BCUT2D eigenvalue weighted by Gasteiger charge is 2.30. The van der Waals surface area contributed by atoms with Crippen LogP contribution in [0, 0.1) is 0 Å². The van der Waals surface area contributed by atoms with Crippen molar-refractivity contribution in [3.05, 3.63) is 59.7 Å². The first-order valence-corrected chi connectivity index (χ1v) is 9.04. The Morgan fingerprint density at radius 2 is 1.78 bits per heavy atom. The smallest absolute Gasteiger partial charge is 0.315 e. The van der Waals surface area contributed by atoms with E-state index in [0.717, 1.165) is 24.0 Å². The molecule has 1 aliphatic rings.